The Morgan fingerprint density at radius 2 is 2.00 bits per heavy atom. The summed E-state index contributed by atoms with van der Waals surface area (Å²) in [4.78, 5) is 11.3. The van der Waals surface area contributed by atoms with Crippen molar-refractivity contribution in [1.29, 1.82) is 0 Å². The lowest BCUT2D eigenvalue weighted by Gasteiger charge is -2.14. The molecule has 0 saturated heterocycles. The highest BCUT2D eigenvalue weighted by molar-refractivity contribution is 5.96. The van der Waals surface area contributed by atoms with Gasteiger partial charge in [0.05, 0.1) is 14.2 Å². The molecule has 4 nitrogen and oxygen atoms in total. The second kappa shape index (κ2) is 4.04. The maximum Gasteiger partial charge on any atom is 0.249 e. The fraction of sp³-hybridized carbons (Fsp3) is 0.417. The van der Waals surface area contributed by atoms with Gasteiger partial charge in [0.25, 0.3) is 0 Å². The average Bonchev–Trinajstić information content (AvgIpc) is 3.10. The van der Waals surface area contributed by atoms with Crippen LogP contribution >= 0.6 is 0 Å². The number of hydrogen-bond donors (Lipinski definition) is 1. The molecule has 1 aromatic carbocycles. The van der Waals surface area contributed by atoms with Gasteiger partial charge in [-0.3, -0.25) is 4.79 Å². The number of primary amides is 1. The Hall–Kier alpha value is -1.71. The molecule has 1 saturated carbocycles. The lowest BCUT2D eigenvalue weighted by Crippen LogP contribution is -2.14. The second-order valence-corrected chi connectivity index (χ2v) is 3.90. The summed E-state index contributed by atoms with van der Waals surface area (Å²) in [7, 11) is 3.16. The maximum atomic E-state index is 11.3. The number of nitrogens with two attached hydrogens (primary N) is 1. The first-order valence-electron chi connectivity index (χ1n) is 5.23. The largest absolute Gasteiger partial charge is 0.493 e. The molecule has 0 heterocycles. The van der Waals surface area contributed by atoms with Gasteiger partial charge in [-0.05, 0) is 30.9 Å². The summed E-state index contributed by atoms with van der Waals surface area (Å²) >= 11 is 0. The van der Waals surface area contributed by atoms with Crippen LogP contribution in [0.15, 0.2) is 12.1 Å². The van der Waals surface area contributed by atoms with E-state index >= 15 is 0 Å². The molecule has 0 bridgehead atoms. The van der Waals surface area contributed by atoms with E-state index in [9.17, 15) is 4.79 Å². The van der Waals surface area contributed by atoms with Gasteiger partial charge in [0.1, 0.15) is 0 Å². The van der Waals surface area contributed by atoms with E-state index in [0.717, 1.165) is 18.4 Å². The van der Waals surface area contributed by atoms with Crippen molar-refractivity contribution < 1.29 is 14.3 Å². The molecule has 0 unspecified atom stereocenters. The molecule has 2 N–H and O–H groups in total. The predicted molar refractivity (Wildman–Crippen MR) is 60.0 cm³/mol. The second-order valence-electron chi connectivity index (χ2n) is 3.90. The standard InChI is InChI=1S/C12H15NO3/c1-15-9-6-5-8(12(13)14)10(7-3-4-7)11(9)16-2/h5-7H,3-4H2,1-2H3,(H2,13,14). The molecule has 0 atom stereocenters. The van der Waals surface area contributed by atoms with Gasteiger partial charge in [-0.2, -0.15) is 0 Å². The van der Waals surface area contributed by atoms with Crippen LogP contribution in [0.5, 0.6) is 11.5 Å². The quantitative estimate of drug-likeness (QED) is 0.841. The van der Waals surface area contributed by atoms with E-state index in [-0.39, 0.29) is 0 Å². The summed E-state index contributed by atoms with van der Waals surface area (Å²) in [5.41, 5.74) is 6.80. The first-order valence-corrected chi connectivity index (χ1v) is 5.23. The first kappa shape index (κ1) is 10.8. The van der Waals surface area contributed by atoms with E-state index in [1.54, 1.807) is 26.4 Å². The molecule has 2 rings (SSSR count). The fourth-order valence-corrected chi connectivity index (χ4v) is 1.94. The monoisotopic (exact) mass is 221 g/mol. The van der Waals surface area contributed by atoms with Crippen LogP contribution in [-0.4, -0.2) is 20.1 Å². The average molecular weight is 221 g/mol. The SMILES string of the molecule is COc1ccc(C(N)=O)c(C2CC2)c1OC. The summed E-state index contributed by atoms with van der Waals surface area (Å²) in [5.74, 6) is 1.26. The van der Waals surface area contributed by atoms with Crippen LogP contribution in [0.25, 0.3) is 0 Å². The van der Waals surface area contributed by atoms with E-state index in [4.69, 9.17) is 15.2 Å². The van der Waals surface area contributed by atoms with Gasteiger partial charge in [-0.15, -0.1) is 0 Å². The lowest BCUT2D eigenvalue weighted by atomic mass is 10.0. The molecule has 0 spiro atoms. The topological polar surface area (TPSA) is 61.5 Å². The third-order valence-corrected chi connectivity index (χ3v) is 2.84. The molecule has 86 valence electrons. The third kappa shape index (κ3) is 1.71. The predicted octanol–water partition coefficient (Wildman–Crippen LogP) is 1.68. The van der Waals surface area contributed by atoms with Gasteiger partial charge in [-0.1, -0.05) is 0 Å². The van der Waals surface area contributed by atoms with Crippen molar-refractivity contribution in [3.8, 4) is 11.5 Å². The van der Waals surface area contributed by atoms with Crippen LogP contribution < -0.4 is 15.2 Å². The Morgan fingerprint density at radius 1 is 1.31 bits per heavy atom. The van der Waals surface area contributed by atoms with Gasteiger partial charge in [-0.25, -0.2) is 0 Å². The lowest BCUT2D eigenvalue weighted by molar-refractivity contribution is 0.0999. The molecule has 0 aliphatic heterocycles. The zero-order valence-electron chi connectivity index (χ0n) is 9.45. The Labute approximate surface area is 94.3 Å². The molecule has 1 fully saturated rings. The number of benzene rings is 1. The van der Waals surface area contributed by atoms with Crippen molar-refractivity contribution in [1.82, 2.24) is 0 Å². The number of amides is 1. The van der Waals surface area contributed by atoms with Gasteiger partial charge in [0, 0.05) is 11.1 Å². The smallest absolute Gasteiger partial charge is 0.249 e. The molecule has 1 aliphatic rings. The van der Waals surface area contributed by atoms with Crippen molar-refractivity contribution in [3.05, 3.63) is 23.3 Å². The van der Waals surface area contributed by atoms with Crippen molar-refractivity contribution in [2.75, 3.05) is 14.2 Å². The third-order valence-electron chi connectivity index (χ3n) is 2.84. The van der Waals surface area contributed by atoms with Crippen molar-refractivity contribution in [3.63, 3.8) is 0 Å². The molecule has 1 aliphatic carbocycles. The Balaban J connectivity index is 2.59. The van der Waals surface area contributed by atoms with Crippen LogP contribution in [0, 0.1) is 0 Å². The number of ether oxygens (including phenoxy) is 2. The molecule has 0 radical (unpaired) electrons. The van der Waals surface area contributed by atoms with Crippen LogP contribution in [0.1, 0.15) is 34.7 Å². The Bertz CT molecular complexity index is 425. The Kier molecular flexibility index (Phi) is 2.73. The molecular weight excluding hydrogens is 206 g/mol. The zero-order chi connectivity index (χ0) is 11.7. The summed E-state index contributed by atoms with van der Waals surface area (Å²) in [6.07, 6.45) is 2.15. The number of methoxy groups -OCH3 is 2. The van der Waals surface area contributed by atoms with E-state index in [2.05, 4.69) is 0 Å². The van der Waals surface area contributed by atoms with E-state index in [0.29, 0.717) is 23.0 Å². The van der Waals surface area contributed by atoms with Gasteiger partial charge < -0.3 is 15.2 Å². The zero-order valence-corrected chi connectivity index (χ0v) is 9.45. The minimum atomic E-state index is -0.414. The van der Waals surface area contributed by atoms with Crippen molar-refractivity contribution in [2.24, 2.45) is 5.73 Å². The van der Waals surface area contributed by atoms with Crippen molar-refractivity contribution >= 4 is 5.91 Å². The van der Waals surface area contributed by atoms with E-state index in [1.807, 2.05) is 0 Å². The first-order chi connectivity index (χ1) is 7.69. The van der Waals surface area contributed by atoms with Crippen LogP contribution in [0.4, 0.5) is 0 Å². The normalized spacial score (nSPS) is 14.6. The van der Waals surface area contributed by atoms with Gasteiger partial charge >= 0.3 is 0 Å². The minimum Gasteiger partial charge on any atom is -0.493 e. The molecule has 4 heteroatoms. The highest BCUT2D eigenvalue weighted by Gasteiger charge is 2.32. The number of rotatable bonds is 4. The molecule has 16 heavy (non-hydrogen) atoms. The maximum absolute atomic E-state index is 11.3. The van der Waals surface area contributed by atoms with Gasteiger partial charge in [0.2, 0.25) is 5.91 Å². The van der Waals surface area contributed by atoms with Crippen molar-refractivity contribution in [2.45, 2.75) is 18.8 Å². The number of carbonyl (C=O) groups is 1. The minimum absolute atomic E-state index is 0.382. The molecular formula is C12H15NO3. The van der Waals surface area contributed by atoms with Crippen LogP contribution in [-0.2, 0) is 0 Å². The highest BCUT2D eigenvalue weighted by Crippen LogP contribution is 2.48. The Morgan fingerprint density at radius 3 is 2.44 bits per heavy atom. The fourth-order valence-electron chi connectivity index (χ4n) is 1.94. The number of carbonyl (C=O) groups excluding carboxylic acids is 1. The summed E-state index contributed by atoms with van der Waals surface area (Å²) in [5, 5.41) is 0. The summed E-state index contributed by atoms with van der Waals surface area (Å²) in [6, 6.07) is 3.42. The van der Waals surface area contributed by atoms with E-state index in [1.165, 1.54) is 0 Å². The number of hydrogen-bond acceptors (Lipinski definition) is 3. The van der Waals surface area contributed by atoms with Gasteiger partial charge in [0.15, 0.2) is 11.5 Å². The summed E-state index contributed by atoms with van der Waals surface area (Å²) < 4.78 is 10.5. The van der Waals surface area contributed by atoms with E-state index < -0.39 is 5.91 Å². The molecule has 1 aromatic rings. The summed E-state index contributed by atoms with van der Waals surface area (Å²) in [6.45, 7) is 0. The highest BCUT2D eigenvalue weighted by atomic mass is 16.5. The molecule has 0 aromatic heterocycles. The van der Waals surface area contributed by atoms with Crippen LogP contribution in [0.3, 0.4) is 0 Å². The van der Waals surface area contributed by atoms with Crippen LogP contribution in [0.2, 0.25) is 0 Å². The molecule has 1 amide bonds.